The molecular formula is C11H22N2O. The molecule has 0 bridgehead atoms. The van der Waals surface area contributed by atoms with Crippen LogP contribution < -0.4 is 5.32 Å². The third-order valence-corrected chi connectivity index (χ3v) is 3.49. The van der Waals surface area contributed by atoms with Crippen LogP contribution in [0.2, 0.25) is 0 Å². The summed E-state index contributed by atoms with van der Waals surface area (Å²) in [5.74, 6) is 0. The van der Waals surface area contributed by atoms with Crippen LogP contribution in [0.25, 0.3) is 0 Å². The minimum atomic E-state index is 0.310. The molecule has 2 N–H and O–H groups in total. The second-order valence-electron chi connectivity index (χ2n) is 4.73. The zero-order valence-electron chi connectivity index (χ0n) is 9.08. The van der Waals surface area contributed by atoms with Crippen LogP contribution in [-0.4, -0.2) is 47.8 Å². The molecule has 2 atom stereocenters. The molecule has 2 aliphatic rings. The van der Waals surface area contributed by atoms with Crippen LogP contribution in [0.5, 0.6) is 0 Å². The van der Waals surface area contributed by atoms with Gasteiger partial charge in [-0.15, -0.1) is 0 Å². The maximum Gasteiger partial charge on any atom is 0.0446 e. The van der Waals surface area contributed by atoms with Crippen molar-refractivity contribution in [3.8, 4) is 0 Å². The SMILES string of the molecule is CC1CCNC(CCO)CN1C1CC1. The Labute approximate surface area is 86.5 Å². The smallest absolute Gasteiger partial charge is 0.0446 e. The lowest BCUT2D eigenvalue weighted by Gasteiger charge is -2.28. The molecule has 1 saturated heterocycles. The predicted octanol–water partition coefficient (Wildman–Crippen LogP) is 0.584. The number of hydrogen-bond donors (Lipinski definition) is 2. The lowest BCUT2D eigenvalue weighted by molar-refractivity contribution is 0.181. The number of aliphatic hydroxyl groups excluding tert-OH is 1. The first-order valence-corrected chi connectivity index (χ1v) is 5.91. The Bertz CT molecular complexity index is 182. The van der Waals surface area contributed by atoms with Crippen molar-refractivity contribution in [1.82, 2.24) is 10.2 Å². The summed E-state index contributed by atoms with van der Waals surface area (Å²) < 4.78 is 0. The largest absolute Gasteiger partial charge is 0.396 e. The van der Waals surface area contributed by atoms with E-state index in [2.05, 4.69) is 17.1 Å². The van der Waals surface area contributed by atoms with Crippen molar-refractivity contribution in [2.75, 3.05) is 19.7 Å². The maximum absolute atomic E-state index is 8.96. The van der Waals surface area contributed by atoms with Gasteiger partial charge in [-0.05, 0) is 39.2 Å². The van der Waals surface area contributed by atoms with Gasteiger partial charge in [0.1, 0.15) is 0 Å². The van der Waals surface area contributed by atoms with Crippen LogP contribution in [0.1, 0.15) is 32.6 Å². The number of aliphatic hydroxyl groups is 1. The van der Waals surface area contributed by atoms with Gasteiger partial charge in [0, 0.05) is 31.3 Å². The molecule has 0 amide bonds. The summed E-state index contributed by atoms with van der Waals surface area (Å²) in [4.78, 5) is 2.64. The molecule has 0 aromatic heterocycles. The van der Waals surface area contributed by atoms with Crippen molar-refractivity contribution in [3.63, 3.8) is 0 Å². The van der Waals surface area contributed by atoms with Crippen LogP contribution in [0.15, 0.2) is 0 Å². The molecule has 1 aliphatic carbocycles. The molecular weight excluding hydrogens is 176 g/mol. The quantitative estimate of drug-likeness (QED) is 0.696. The summed E-state index contributed by atoms with van der Waals surface area (Å²) in [6.07, 6.45) is 4.92. The Morgan fingerprint density at radius 2 is 2.14 bits per heavy atom. The van der Waals surface area contributed by atoms with Crippen molar-refractivity contribution < 1.29 is 5.11 Å². The lowest BCUT2D eigenvalue weighted by atomic mass is 10.2. The monoisotopic (exact) mass is 198 g/mol. The molecule has 0 radical (unpaired) electrons. The molecule has 14 heavy (non-hydrogen) atoms. The summed E-state index contributed by atoms with van der Waals surface area (Å²) in [5, 5.41) is 12.5. The fourth-order valence-electron chi connectivity index (χ4n) is 2.43. The van der Waals surface area contributed by atoms with Gasteiger partial charge in [-0.25, -0.2) is 0 Å². The Morgan fingerprint density at radius 3 is 2.79 bits per heavy atom. The van der Waals surface area contributed by atoms with Gasteiger partial charge in [-0.3, -0.25) is 4.90 Å². The molecule has 1 saturated carbocycles. The van der Waals surface area contributed by atoms with Crippen LogP contribution in [-0.2, 0) is 0 Å². The van der Waals surface area contributed by atoms with Crippen LogP contribution in [0.4, 0.5) is 0 Å². The number of rotatable bonds is 3. The Hall–Kier alpha value is -0.120. The van der Waals surface area contributed by atoms with E-state index in [4.69, 9.17) is 5.11 Å². The van der Waals surface area contributed by atoms with Crippen LogP contribution >= 0.6 is 0 Å². The summed E-state index contributed by atoms with van der Waals surface area (Å²) in [7, 11) is 0. The number of hydrogen-bond acceptors (Lipinski definition) is 3. The summed E-state index contributed by atoms with van der Waals surface area (Å²) in [6.45, 7) is 4.88. The molecule has 2 rings (SSSR count). The summed E-state index contributed by atoms with van der Waals surface area (Å²) >= 11 is 0. The van der Waals surface area contributed by atoms with E-state index in [1.54, 1.807) is 0 Å². The van der Waals surface area contributed by atoms with Crippen molar-refractivity contribution >= 4 is 0 Å². The van der Waals surface area contributed by atoms with E-state index in [0.717, 1.165) is 31.6 Å². The molecule has 3 nitrogen and oxygen atoms in total. The van der Waals surface area contributed by atoms with E-state index < -0.39 is 0 Å². The van der Waals surface area contributed by atoms with Gasteiger partial charge in [0.25, 0.3) is 0 Å². The van der Waals surface area contributed by atoms with Crippen molar-refractivity contribution in [1.29, 1.82) is 0 Å². The van der Waals surface area contributed by atoms with Gasteiger partial charge in [-0.1, -0.05) is 0 Å². The Morgan fingerprint density at radius 1 is 1.36 bits per heavy atom. The van der Waals surface area contributed by atoms with Gasteiger partial charge in [0.15, 0.2) is 0 Å². The second kappa shape index (κ2) is 4.60. The molecule has 2 fully saturated rings. The van der Waals surface area contributed by atoms with E-state index in [1.807, 2.05) is 0 Å². The van der Waals surface area contributed by atoms with Crippen LogP contribution in [0.3, 0.4) is 0 Å². The third-order valence-electron chi connectivity index (χ3n) is 3.49. The van der Waals surface area contributed by atoms with E-state index >= 15 is 0 Å². The van der Waals surface area contributed by atoms with Crippen LogP contribution in [0, 0.1) is 0 Å². The summed E-state index contributed by atoms with van der Waals surface area (Å²) in [5.41, 5.74) is 0. The van der Waals surface area contributed by atoms with Gasteiger partial charge in [0.2, 0.25) is 0 Å². The first-order valence-electron chi connectivity index (χ1n) is 5.91. The highest BCUT2D eigenvalue weighted by atomic mass is 16.3. The third kappa shape index (κ3) is 2.47. The standard InChI is InChI=1S/C11H22N2O/c1-9-4-6-12-10(5-7-14)8-13(9)11-2-3-11/h9-12,14H,2-8H2,1H3. The second-order valence-corrected chi connectivity index (χ2v) is 4.73. The molecule has 2 unspecified atom stereocenters. The maximum atomic E-state index is 8.96. The Kier molecular flexibility index (Phi) is 3.42. The molecule has 0 spiro atoms. The van der Waals surface area contributed by atoms with Gasteiger partial charge in [-0.2, -0.15) is 0 Å². The van der Waals surface area contributed by atoms with Crippen molar-refractivity contribution in [3.05, 3.63) is 0 Å². The highest BCUT2D eigenvalue weighted by molar-refractivity contribution is 4.91. The first-order chi connectivity index (χ1) is 6.81. The van der Waals surface area contributed by atoms with Crippen molar-refractivity contribution in [2.45, 2.75) is 50.7 Å². The molecule has 3 heteroatoms. The first kappa shape index (κ1) is 10.4. The van der Waals surface area contributed by atoms with Gasteiger partial charge < -0.3 is 10.4 Å². The predicted molar refractivity (Wildman–Crippen MR) is 57.3 cm³/mol. The van der Waals surface area contributed by atoms with Gasteiger partial charge >= 0.3 is 0 Å². The fourth-order valence-corrected chi connectivity index (χ4v) is 2.43. The van der Waals surface area contributed by atoms with Crippen molar-refractivity contribution in [2.24, 2.45) is 0 Å². The zero-order chi connectivity index (χ0) is 9.97. The number of nitrogens with one attached hydrogen (secondary N) is 1. The highest BCUT2D eigenvalue weighted by Gasteiger charge is 2.34. The van der Waals surface area contributed by atoms with E-state index in [-0.39, 0.29) is 0 Å². The molecule has 1 heterocycles. The minimum Gasteiger partial charge on any atom is -0.396 e. The normalized spacial score (nSPS) is 35.6. The minimum absolute atomic E-state index is 0.310. The molecule has 0 aromatic rings. The molecule has 0 aromatic carbocycles. The average molecular weight is 198 g/mol. The van der Waals surface area contributed by atoms with E-state index in [9.17, 15) is 0 Å². The average Bonchev–Trinajstić information content (AvgIpc) is 2.94. The highest BCUT2D eigenvalue weighted by Crippen LogP contribution is 2.30. The molecule has 1 aliphatic heterocycles. The van der Waals surface area contributed by atoms with E-state index in [1.165, 1.54) is 19.3 Å². The fraction of sp³-hybridized carbons (Fsp3) is 1.00. The molecule has 82 valence electrons. The number of nitrogens with zero attached hydrogens (tertiary/aromatic N) is 1. The van der Waals surface area contributed by atoms with E-state index in [0.29, 0.717) is 12.6 Å². The van der Waals surface area contributed by atoms with Gasteiger partial charge in [0.05, 0.1) is 0 Å². The zero-order valence-corrected chi connectivity index (χ0v) is 9.08. The lowest BCUT2D eigenvalue weighted by Crippen LogP contribution is -2.41. The Balaban J connectivity index is 1.91. The summed E-state index contributed by atoms with van der Waals surface area (Å²) in [6, 6.07) is 2.08. The topological polar surface area (TPSA) is 35.5 Å².